The van der Waals surface area contributed by atoms with Crippen molar-refractivity contribution in [2.45, 2.75) is 19.1 Å². The minimum Gasteiger partial charge on any atom is -0.461 e. The average molecular weight is 146 g/mol. The van der Waals surface area contributed by atoms with E-state index >= 15 is 0 Å². The Balaban J connectivity index is 2.06. The normalized spacial score (nSPS) is 25.6. The van der Waals surface area contributed by atoms with Crippen LogP contribution in [0.2, 0.25) is 0 Å². The second-order valence-electron chi connectivity index (χ2n) is 2.30. The maximum Gasteiger partial charge on any atom is 0.337 e. The Labute approximate surface area is 58.7 Å². The van der Waals surface area contributed by atoms with Gasteiger partial charge >= 0.3 is 5.97 Å². The molecule has 0 bridgehead atoms. The molecule has 0 spiro atoms. The molecule has 0 aromatic heterocycles. The van der Waals surface area contributed by atoms with Gasteiger partial charge in [0.1, 0.15) is 6.61 Å². The fourth-order valence-electron chi connectivity index (χ4n) is 0.480. The Bertz CT molecular complexity index is 128. The van der Waals surface area contributed by atoms with Gasteiger partial charge in [-0.15, -0.1) is 0 Å². The second-order valence-corrected chi connectivity index (χ2v) is 2.30. The van der Waals surface area contributed by atoms with Gasteiger partial charge < -0.3 is 14.6 Å². The molecular formula is C6H10O4. The molecule has 0 radical (unpaired) electrons. The molecule has 4 heteroatoms. The molecule has 0 saturated carbocycles. The van der Waals surface area contributed by atoms with Crippen molar-refractivity contribution >= 4 is 5.97 Å². The van der Waals surface area contributed by atoms with E-state index in [0.717, 1.165) is 0 Å². The lowest BCUT2D eigenvalue weighted by Crippen LogP contribution is -2.18. The molecule has 1 N–H and O–H groups in total. The molecular weight excluding hydrogens is 136 g/mol. The van der Waals surface area contributed by atoms with Gasteiger partial charge in [-0.3, -0.25) is 0 Å². The topological polar surface area (TPSA) is 59.1 Å². The quantitative estimate of drug-likeness (QED) is 0.423. The van der Waals surface area contributed by atoms with Crippen molar-refractivity contribution in [1.82, 2.24) is 0 Å². The molecule has 2 unspecified atom stereocenters. The van der Waals surface area contributed by atoms with E-state index in [4.69, 9.17) is 5.11 Å². The number of ether oxygens (including phenoxy) is 2. The highest BCUT2D eigenvalue weighted by molar-refractivity contribution is 5.76. The van der Waals surface area contributed by atoms with Crippen molar-refractivity contribution in [3.05, 3.63) is 0 Å². The van der Waals surface area contributed by atoms with E-state index in [1.165, 1.54) is 0 Å². The summed E-state index contributed by atoms with van der Waals surface area (Å²) in [5, 5.41) is 8.69. The Hall–Kier alpha value is -0.610. The van der Waals surface area contributed by atoms with Gasteiger partial charge in [0, 0.05) is 0 Å². The Morgan fingerprint density at radius 2 is 2.60 bits per heavy atom. The summed E-state index contributed by atoms with van der Waals surface area (Å²) in [4.78, 5) is 10.7. The number of aliphatic hydroxyl groups excluding tert-OH is 1. The smallest absolute Gasteiger partial charge is 0.337 e. The monoisotopic (exact) mass is 146 g/mol. The van der Waals surface area contributed by atoms with E-state index < -0.39 is 6.10 Å². The molecule has 0 amide bonds. The van der Waals surface area contributed by atoms with Gasteiger partial charge in [0.2, 0.25) is 0 Å². The molecule has 4 nitrogen and oxygen atoms in total. The SMILES string of the molecule is CC(O)COC(=O)C1CO1. The predicted molar refractivity (Wildman–Crippen MR) is 32.4 cm³/mol. The number of epoxide rings is 1. The summed E-state index contributed by atoms with van der Waals surface area (Å²) in [6.45, 7) is 2.07. The van der Waals surface area contributed by atoms with Crippen molar-refractivity contribution in [2.75, 3.05) is 13.2 Å². The van der Waals surface area contributed by atoms with Gasteiger partial charge in [-0.25, -0.2) is 4.79 Å². The van der Waals surface area contributed by atoms with Crippen LogP contribution in [-0.4, -0.2) is 36.5 Å². The van der Waals surface area contributed by atoms with Crippen LogP contribution in [0.15, 0.2) is 0 Å². The lowest BCUT2D eigenvalue weighted by atomic mass is 10.4. The minimum absolute atomic E-state index is 0.0543. The maximum absolute atomic E-state index is 10.7. The molecule has 1 heterocycles. The number of carbonyl (C=O) groups is 1. The summed E-state index contributed by atoms with van der Waals surface area (Å²) < 4.78 is 9.26. The Morgan fingerprint density at radius 1 is 2.00 bits per heavy atom. The number of aliphatic hydroxyl groups is 1. The Kier molecular flexibility index (Phi) is 2.24. The first-order valence-corrected chi connectivity index (χ1v) is 3.16. The molecule has 1 fully saturated rings. The van der Waals surface area contributed by atoms with Crippen LogP contribution in [-0.2, 0) is 14.3 Å². The van der Waals surface area contributed by atoms with E-state index in [9.17, 15) is 4.79 Å². The largest absolute Gasteiger partial charge is 0.461 e. The van der Waals surface area contributed by atoms with Crippen molar-refractivity contribution in [2.24, 2.45) is 0 Å². The highest BCUT2D eigenvalue weighted by Crippen LogP contribution is 2.10. The van der Waals surface area contributed by atoms with Gasteiger partial charge in [0.05, 0.1) is 12.7 Å². The zero-order valence-electron chi connectivity index (χ0n) is 5.74. The second kappa shape index (κ2) is 2.98. The molecule has 2 atom stereocenters. The zero-order chi connectivity index (χ0) is 7.56. The highest BCUT2D eigenvalue weighted by Gasteiger charge is 2.32. The molecule has 0 aromatic rings. The van der Waals surface area contributed by atoms with Crippen molar-refractivity contribution in [1.29, 1.82) is 0 Å². The number of rotatable bonds is 3. The molecule has 10 heavy (non-hydrogen) atoms. The van der Waals surface area contributed by atoms with E-state index in [0.29, 0.717) is 6.61 Å². The van der Waals surface area contributed by atoms with E-state index in [1.54, 1.807) is 6.92 Å². The van der Waals surface area contributed by atoms with Crippen LogP contribution in [0.4, 0.5) is 0 Å². The van der Waals surface area contributed by atoms with Gasteiger partial charge in [-0.05, 0) is 6.92 Å². The first-order valence-electron chi connectivity index (χ1n) is 3.16. The predicted octanol–water partition coefficient (Wildman–Crippen LogP) is -0.691. The van der Waals surface area contributed by atoms with Crippen LogP contribution < -0.4 is 0 Å². The summed E-state index contributed by atoms with van der Waals surface area (Å²) in [7, 11) is 0. The molecule has 1 saturated heterocycles. The molecule has 0 aliphatic carbocycles. The standard InChI is InChI=1S/C6H10O4/c1-4(7)2-10-6(8)5-3-9-5/h4-5,7H,2-3H2,1H3. The molecule has 1 aliphatic heterocycles. The summed E-state index contributed by atoms with van der Waals surface area (Å²) >= 11 is 0. The van der Waals surface area contributed by atoms with Gasteiger partial charge in [0.15, 0.2) is 6.10 Å². The number of hydrogen-bond acceptors (Lipinski definition) is 4. The fourth-order valence-corrected chi connectivity index (χ4v) is 0.480. The first-order chi connectivity index (χ1) is 4.70. The molecule has 1 rings (SSSR count). The molecule has 1 aliphatic rings. The van der Waals surface area contributed by atoms with E-state index in [2.05, 4.69) is 9.47 Å². The lowest BCUT2D eigenvalue weighted by Gasteiger charge is -2.03. The zero-order valence-corrected chi connectivity index (χ0v) is 5.74. The third-order valence-electron chi connectivity index (χ3n) is 1.06. The van der Waals surface area contributed by atoms with Crippen LogP contribution >= 0.6 is 0 Å². The Morgan fingerprint density at radius 3 is 3.00 bits per heavy atom. The summed E-state index contributed by atoms with van der Waals surface area (Å²) in [6.07, 6.45) is -0.957. The lowest BCUT2D eigenvalue weighted by molar-refractivity contribution is -0.147. The third kappa shape index (κ3) is 2.33. The van der Waals surface area contributed by atoms with Crippen LogP contribution in [0, 0.1) is 0 Å². The van der Waals surface area contributed by atoms with Crippen LogP contribution in [0.25, 0.3) is 0 Å². The molecule has 58 valence electrons. The summed E-state index contributed by atoms with van der Waals surface area (Å²) in [5.41, 5.74) is 0. The number of carbonyl (C=O) groups excluding carboxylic acids is 1. The third-order valence-corrected chi connectivity index (χ3v) is 1.06. The fraction of sp³-hybridized carbons (Fsp3) is 0.833. The summed E-state index contributed by atoms with van der Waals surface area (Å²) in [6, 6.07) is 0. The van der Waals surface area contributed by atoms with Gasteiger partial charge in [-0.2, -0.15) is 0 Å². The van der Waals surface area contributed by atoms with E-state index in [1.807, 2.05) is 0 Å². The van der Waals surface area contributed by atoms with Crippen LogP contribution in [0.5, 0.6) is 0 Å². The first kappa shape index (κ1) is 7.50. The van der Waals surface area contributed by atoms with Crippen molar-refractivity contribution in [3.63, 3.8) is 0 Å². The highest BCUT2D eigenvalue weighted by atomic mass is 16.6. The number of hydrogen-bond donors (Lipinski definition) is 1. The van der Waals surface area contributed by atoms with Gasteiger partial charge in [0.25, 0.3) is 0 Å². The van der Waals surface area contributed by atoms with Gasteiger partial charge in [-0.1, -0.05) is 0 Å². The minimum atomic E-state index is -0.595. The number of esters is 1. The summed E-state index contributed by atoms with van der Waals surface area (Å²) in [5.74, 6) is -0.374. The van der Waals surface area contributed by atoms with E-state index in [-0.39, 0.29) is 18.7 Å². The maximum atomic E-state index is 10.7. The van der Waals surface area contributed by atoms with Crippen LogP contribution in [0.1, 0.15) is 6.92 Å². The average Bonchev–Trinajstić information content (AvgIpc) is 2.63. The van der Waals surface area contributed by atoms with Crippen LogP contribution in [0.3, 0.4) is 0 Å². The van der Waals surface area contributed by atoms with Crippen molar-refractivity contribution < 1.29 is 19.4 Å². The molecule has 0 aromatic carbocycles. The van der Waals surface area contributed by atoms with Crippen molar-refractivity contribution in [3.8, 4) is 0 Å².